The molecular formula is C17H17NO2. The van der Waals surface area contributed by atoms with Gasteiger partial charge in [0.2, 0.25) is 0 Å². The van der Waals surface area contributed by atoms with Crippen LogP contribution in [-0.2, 0) is 12.8 Å². The van der Waals surface area contributed by atoms with E-state index in [-0.39, 0.29) is 11.7 Å². The SMILES string of the molecule is COc1cccc2c1CC[C@H](Cc1ccncc1)C2=O. The van der Waals surface area contributed by atoms with Crippen LogP contribution < -0.4 is 4.74 Å². The maximum Gasteiger partial charge on any atom is 0.166 e. The Labute approximate surface area is 118 Å². The Bertz CT molecular complexity index is 622. The number of hydrogen-bond donors (Lipinski definition) is 0. The molecule has 0 saturated heterocycles. The molecule has 102 valence electrons. The molecule has 0 bridgehead atoms. The largest absolute Gasteiger partial charge is 0.496 e. The minimum absolute atomic E-state index is 0.0667. The van der Waals surface area contributed by atoms with Crippen LogP contribution in [0.2, 0.25) is 0 Å². The zero-order chi connectivity index (χ0) is 13.9. The van der Waals surface area contributed by atoms with Gasteiger partial charge in [-0.3, -0.25) is 9.78 Å². The molecule has 1 atom stereocenters. The molecule has 0 radical (unpaired) electrons. The van der Waals surface area contributed by atoms with Gasteiger partial charge >= 0.3 is 0 Å². The van der Waals surface area contributed by atoms with Gasteiger partial charge in [0.1, 0.15) is 5.75 Å². The first-order valence-corrected chi connectivity index (χ1v) is 6.88. The van der Waals surface area contributed by atoms with E-state index < -0.39 is 0 Å². The standard InChI is InChI=1S/C17H17NO2/c1-20-16-4-2-3-15-14(16)6-5-13(17(15)19)11-12-7-9-18-10-8-12/h2-4,7-10,13H,5-6,11H2,1H3/t13-/m1/s1. The summed E-state index contributed by atoms with van der Waals surface area (Å²) in [6, 6.07) is 9.70. The third-order valence-corrected chi connectivity index (χ3v) is 3.96. The summed E-state index contributed by atoms with van der Waals surface area (Å²) in [5, 5.41) is 0. The molecular weight excluding hydrogens is 250 g/mol. The highest BCUT2D eigenvalue weighted by Crippen LogP contribution is 2.33. The van der Waals surface area contributed by atoms with Gasteiger partial charge in [-0.25, -0.2) is 0 Å². The van der Waals surface area contributed by atoms with E-state index in [1.165, 1.54) is 5.56 Å². The average molecular weight is 267 g/mol. The summed E-state index contributed by atoms with van der Waals surface area (Å²) in [6.45, 7) is 0. The highest BCUT2D eigenvalue weighted by molar-refractivity contribution is 6.00. The van der Waals surface area contributed by atoms with E-state index in [4.69, 9.17) is 4.74 Å². The lowest BCUT2D eigenvalue weighted by Gasteiger charge is -2.24. The molecule has 0 aliphatic heterocycles. The number of nitrogens with zero attached hydrogens (tertiary/aromatic N) is 1. The Balaban J connectivity index is 1.86. The number of benzene rings is 1. The van der Waals surface area contributed by atoms with Crippen molar-refractivity contribution in [1.82, 2.24) is 4.98 Å². The summed E-state index contributed by atoms with van der Waals surface area (Å²) in [6.07, 6.45) is 6.13. The molecule has 1 aliphatic carbocycles. The molecule has 0 N–H and O–H groups in total. The fraction of sp³-hybridized carbons (Fsp3) is 0.294. The fourth-order valence-corrected chi connectivity index (χ4v) is 2.91. The van der Waals surface area contributed by atoms with E-state index in [0.29, 0.717) is 0 Å². The second-order valence-electron chi connectivity index (χ2n) is 5.15. The summed E-state index contributed by atoms with van der Waals surface area (Å²) in [7, 11) is 1.66. The number of pyridine rings is 1. The molecule has 0 spiro atoms. The van der Waals surface area contributed by atoms with Crippen molar-refractivity contribution in [3.63, 3.8) is 0 Å². The van der Waals surface area contributed by atoms with Crippen molar-refractivity contribution in [2.75, 3.05) is 7.11 Å². The molecule has 0 fully saturated rings. The minimum Gasteiger partial charge on any atom is -0.496 e. The van der Waals surface area contributed by atoms with Crippen molar-refractivity contribution >= 4 is 5.78 Å². The highest BCUT2D eigenvalue weighted by Gasteiger charge is 2.29. The van der Waals surface area contributed by atoms with E-state index in [2.05, 4.69) is 4.98 Å². The molecule has 3 rings (SSSR count). The molecule has 0 saturated carbocycles. The number of rotatable bonds is 3. The van der Waals surface area contributed by atoms with Crippen LogP contribution >= 0.6 is 0 Å². The third-order valence-electron chi connectivity index (χ3n) is 3.96. The molecule has 3 nitrogen and oxygen atoms in total. The van der Waals surface area contributed by atoms with Crippen molar-refractivity contribution < 1.29 is 9.53 Å². The van der Waals surface area contributed by atoms with Gasteiger partial charge in [-0.05, 0) is 43.0 Å². The van der Waals surface area contributed by atoms with Crippen LogP contribution in [0, 0.1) is 5.92 Å². The molecule has 2 aromatic rings. The topological polar surface area (TPSA) is 39.2 Å². The van der Waals surface area contributed by atoms with Crippen LogP contribution in [0.5, 0.6) is 5.75 Å². The van der Waals surface area contributed by atoms with Gasteiger partial charge in [-0.15, -0.1) is 0 Å². The van der Waals surface area contributed by atoms with Gasteiger partial charge in [-0.1, -0.05) is 12.1 Å². The van der Waals surface area contributed by atoms with Crippen LogP contribution in [0.25, 0.3) is 0 Å². The first-order chi connectivity index (χ1) is 9.79. The normalized spacial score (nSPS) is 17.6. The van der Waals surface area contributed by atoms with E-state index in [1.54, 1.807) is 19.5 Å². The van der Waals surface area contributed by atoms with Crippen molar-refractivity contribution in [1.29, 1.82) is 0 Å². The van der Waals surface area contributed by atoms with E-state index >= 15 is 0 Å². The second-order valence-corrected chi connectivity index (χ2v) is 5.15. The Hall–Kier alpha value is -2.16. The number of carbonyl (C=O) groups excluding carboxylic acids is 1. The number of ketones is 1. The predicted molar refractivity (Wildman–Crippen MR) is 77.1 cm³/mol. The van der Waals surface area contributed by atoms with Crippen molar-refractivity contribution in [3.05, 3.63) is 59.4 Å². The van der Waals surface area contributed by atoms with E-state index in [9.17, 15) is 4.79 Å². The molecule has 1 aromatic carbocycles. The monoisotopic (exact) mass is 267 g/mol. The van der Waals surface area contributed by atoms with Crippen molar-refractivity contribution in [3.8, 4) is 5.75 Å². The Kier molecular flexibility index (Phi) is 3.50. The molecule has 3 heteroatoms. The number of Topliss-reactive ketones (excluding diaryl/α,β-unsaturated/α-hetero) is 1. The van der Waals surface area contributed by atoms with Crippen LogP contribution in [0.15, 0.2) is 42.7 Å². The third kappa shape index (κ3) is 2.31. The van der Waals surface area contributed by atoms with Crippen molar-refractivity contribution in [2.45, 2.75) is 19.3 Å². The number of ether oxygens (including phenoxy) is 1. The Morgan fingerprint density at radius 3 is 2.80 bits per heavy atom. The van der Waals surface area contributed by atoms with E-state index in [0.717, 1.165) is 36.1 Å². The zero-order valence-corrected chi connectivity index (χ0v) is 11.5. The van der Waals surface area contributed by atoms with Crippen LogP contribution in [0.4, 0.5) is 0 Å². The predicted octanol–water partition coefficient (Wildman–Crippen LogP) is 3.08. The van der Waals surface area contributed by atoms with Gasteiger partial charge in [0.25, 0.3) is 0 Å². The molecule has 1 aliphatic rings. The summed E-state index contributed by atoms with van der Waals surface area (Å²) in [5.74, 6) is 1.14. The van der Waals surface area contributed by atoms with E-state index in [1.807, 2.05) is 30.3 Å². The summed E-state index contributed by atoms with van der Waals surface area (Å²) < 4.78 is 5.35. The smallest absolute Gasteiger partial charge is 0.166 e. The van der Waals surface area contributed by atoms with Gasteiger partial charge in [0.05, 0.1) is 7.11 Å². The maximum atomic E-state index is 12.6. The molecule has 1 heterocycles. The first kappa shape index (κ1) is 12.9. The molecule has 1 aromatic heterocycles. The fourth-order valence-electron chi connectivity index (χ4n) is 2.91. The number of methoxy groups -OCH3 is 1. The van der Waals surface area contributed by atoms with Gasteiger partial charge < -0.3 is 4.74 Å². The summed E-state index contributed by atoms with van der Waals surface area (Å²) in [4.78, 5) is 16.6. The molecule has 0 unspecified atom stereocenters. The number of carbonyl (C=O) groups is 1. The Morgan fingerprint density at radius 1 is 1.25 bits per heavy atom. The van der Waals surface area contributed by atoms with Crippen LogP contribution in [-0.4, -0.2) is 17.9 Å². The molecule has 0 amide bonds. The lowest BCUT2D eigenvalue weighted by Crippen LogP contribution is -2.24. The van der Waals surface area contributed by atoms with Gasteiger partial charge in [0.15, 0.2) is 5.78 Å². The summed E-state index contributed by atoms with van der Waals surface area (Å²) in [5.41, 5.74) is 3.06. The zero-order valence-electron chi connectivity index (χ0n) is 11.5. The van der Waals surface area contributed by atoms with Gasteiger partial charge in [-0.2, -0.15) is 0 Å². The number of fused-ring (bicyclic) bond motifs is 1. The number of hydrogen-bond acceptors (Lipinski definition) is 3. The van der Waals surface area contributed by atoms with Gasteiger partial charge in [0, 0.05) is 29.4 Å². The lowest BCUT2D eigenvalue weighted by atomic mass is 9.79. The Morgan fingerprint density at radius 2 is 2.05 bits per heavy atom. The molecule has 20 heavy (non-hydrogen) atoms. The second kappa shape index (κ2) is 5.45. The van der Waals surface area contributed by atoms with Crippen LogP contribution in [0.3, 0.4) is 0 Å². The number of aromatic nitrogens is 1. The van der Waals surface area contributed by atoms with Crippen LogP contribution in [0.1, 0.15) is 27.9 Å². The lowest BCUT2D eigenvalue weighted by molar-refractivity contribution is 0.0900. The summed E-state index contributed by atoms with van der Waals surface area (Å²) >= 11 is 0. The highest BCUT2D eigenvalue weighted by atomic mass is 16.5. The quantitative estimate of drug-likeness (QED) is 0.858. The van der Waals surface area contributed by atoms with Crippen molar-refractivity contribution in [2.24, 2.45) is 5.92 Å². The average Bonchev–Trinajstić information content (AvgIpc) is 2.51. The maximum absolute atomic E-state index is 12.6. The first-order valence-electron chi connectivity index (χ1n) is 6.88. The minimum atomic E-state index is 0.0667.